The number of benzene rings is 1. The molecule has 3 rings (SSSR count). The zero-order chi connectivity index (χ0) is 18.7. The first kappa shape index (κ1) is 17.7. The molecule has 1 amide bonds. The van der Waals surface area contributed by atoms with Crippen LogP contribution in [0.5, 0.6) is 11.5 Å². The first-order chi connectivity index (χ1) is 12.5. The number of nitrogens with one attached hydrogen (secondary N) is 1. The van der Waals surface area contributed by atoms with E-state index in [1.807, 2.05) is 38.2 Å². The van der Waals surface area contributed by atoms with E-state index in [1.165, 1.54) is 0 Å². The molecular weight excluding hydrogens is 332 g/mol. The summed E-state index contributed by atoms with van der Waals surface area (Å²) in [5.41, 5.74) is 3.36. The number of fused-ring (bicyclic) bond motifs is 1. The molecule has 3 aromatic rings. The SMILES string of the molecule is COc1ccc(CCC(=O)Nc2cnc3c(c2)c(C)nn3C)cc1OC. The predicted molar refractivity (Wildman–Crippen MR) is 99.7 cm³/mol. The van der Waals surface area contributed by atoms with Crippen LogP contribution >= 0.6 is 0 Å². The standard InChI is InChI=1S/C19H22N4O3/c1-12-15-10-14(11-20-19(15)23(2)22-12)21-18(24)8-6-13-5-7-16(25-3)17(9-13)26-4/h5,7,9-11H,6,8H2,1-4H3,(H,21,24). The second-order valence-corrected chi connectivity index (χ2v) is 6.04. The van der Waals surface area contributed by atoms with Crippen LogP contribution in [0.3, 0.4) is 0 Å². The molecule has 136 valence electrons. The van der Waals surface area contributed by atoms with Gasteiger partial charge in [0.05, 0.1) is 31.8 Å². The molecule has 26 heavy (non-hydrogen) atoms. The maximum Gasteiger partial charge on any atom is 0.224 e. The van der Waals surface area contributed by atoms with E-state index in [0.29, 0.717) is 30.0 Å². The van der Waals surface area contributed by atoms with Crippen LogP contribution in [0.25, 0.3) is 11.0 Å². The number of aryl methyl sites for hydroxylation is 3. The Kier molecular flexibility index (Phi) is 5.06. The Morgan fingerprint density at radius 2 is 1.96 bits per heavy atom. The molecule has 0 spiro atoms. The molecule has 2 aromatic heterocycles. The number of carbonyl (C=O) groups is 1. The number of ether oxygens (including phenoxy) is 2. The molecule has 0 saturated heterocycles. The minimum atomic E-state index is -0.0671. The summed E-state index contributed by atoms with van der Waals surface area (Å²) in [4.78, 5) is 16.6. The molecule has 0 bridgehead atoms. The van der Waals surface area contributed by atoms with E-state index in [9.17, 15) is 4.79 Å². The lowest BCUT2D eigenvalue weighted by Crippen LogP contribution is -2.12. The van der Waals surface area contributed by atoms with Crippen molar-refractivity contribution in [2.24, 2.45) is 7.05 Å². The fourth-order valence-corrected chi connectivity index (χ4v) is 2.89. The monoisotopic (exact) mass is 354 g/mol. The third kappa shape index (κ3) is 3.61. The number of amides is 1. The van der Waals surface area contributed by atoms with Gasteiger partial charge in [-0.05, 0) is 37.1 Å². The molecule has 2 heterocycles. The van der Waals surface area contributed by atoms with E-state index in [0.717, 1.165) is 22.3 Å². The second-order valence-electron chi connectivity index (χ2n) is 6.04. The lowest BCUT2D eigenvalue weighted by atomic mass is 10.1. The zero-order valence-corrected chi connectivity index (χ0v) is 15.4. The molecule has 0 aliphatic rings. The minimum absolute atomic E-state index is 0.0671. The Morgan fingerprint density at radius 3 is 2.69 bits per heavy atom. The van der Waals surface area contributed by atoms with Crippen LogP contribution in [0.15, 0.2) is 30.5 Å². The summed E-state index contributed by atoms with van der Waals surface area (Å²) in [5.74, 6) is 1.27. The molecule has 7 nitrogen and oxygen atoms in total. The fourth-order valence-electron chi connectivity index (χ4n) is 2.89. The first-order valence-corrected chi connectivity index (χ1v) is 8.32. The van der Waals surface area contributed by atoms with E-state index in [4.69, 9.17) is 9.47 Å². The lowest BCUT2D eigenvalue weighted by molar-refractivity contribution is -0.116. The summed E-state index contributed by atoms with van der Waals surface area (Å²) >= 11 is 0. The van der Waals surface area contributed by atoms with Crippen LogP contribution in [0.1, 0.15) is 17.7 Å². The third-order valence-corrected chi connectivity index (χ3v) is 4.24. The summed E-state index contributed by atoms with van der Waals surface area (Å²) in [6.07, 6.45) is 2.62. The van der Waals surface area contributed by atoms with E-state index >= 15 is 0 Å². The van der Waals surface area contributed by atoms with Crippen LogP contribution in [0.4, 0.5) is 5.69 Å². The van der Waals surface area contributed by atoms with Gasteiger partial charge in [-0.3, -0.25) is 9.48 Å². The van der Waals surface area contributed by atoms with Crippen molar-refractivity contribution in [1.82, 2.24) is 14.8 Å². The summed E-state index contributed by atoms with van der Waals surface area (Å²) in [5, 5.41) is 8.17. The van der Waals surface area contributed by atoms with E-state index in [-0.39, 0.29) is 5.91 Å². The number of nitrogens with zero attached hydrogens (tertiary/aromatic N) is 3. The number of methoxy groups -OCH3 is 2. The summed E-state index contributed by atoms with van der Waals surface area (Å²) < 4.78 is 12.2. The molecule has 0 fully saturated rings. The molecule has 7 heteroatoms. The van der Waals surface area contributed by atoms with Gasteiger partial charge in [0.15, 0.2) is 17.1 Å². The van der Waals surface area contributed by atoms with Crippen molar-refractivity contribution in [3.8, 4) is 11.5 Å². The van der Waals surface area contributed by atoms with Gasteiger partial charge in [0.25, 0.3) is 0 Å². The first-order valence-electron chi connectivity index (χ1n) is 8.32. The van der Waals surface area contributed by atoms with Gasteiger partial charge in [-0.1, -0.05) is 6.07 Å². The smallest absolute Gasteiger partial charge is 0.224 e. The molecule has 0 radical (unpaired) electrons. The van der Waals surface area contributed by atoms with E-state index in [2.05, 4.69) is 15.4 Å². The average molecular weight is 354 g/mol. The molecule has 0 saturated carbocycles. The Labute approximate surface area is 151 Å². The van der Waals surface area contributed by atoms with Crippen molar-refractivity contribution in [2.45, 2.75) is 19.8 Å². The minimum Gasteiger partial charge on any atom is -0.493 e. The number of anilines is 1. The van der Waals surface area contributed by atoms with Crippen LogP contribution in [-0.2, 0) is 18.3 Å². The van der Waals surface area contributed by atoms with E-state index in [1.54, 1.807) is 25.1 Å². The quantitative estimate of drug-likeness (QED) is 0.736. The van der Waals surface area contributed by atoms with Gasteiger partial charge in [-0.15, -0.1) is 0 Å². The zero-order valence-electron chi connectivity index (χ0n) is 15.4. The number of rotatable bonds is 6. The molecular formula is C19H22N4O3. The Hall–Kier alpha value is -3.09. The average Bonchev–Trinajstić information content (AvgIpc) is 2.93. The highest BCUT2D eigenvalue weighted by molar-refractivity contribution is 5.93. The topological polar surface area (TPSA) is 78.3 Å². The highest BCUT2D eigenvalue weighted by Crippen LogP contribution is 2.28. The molecule has 1 N–H and O–H groups in total. The van der Waals surface area contributed by atoms with Crippen LogP contribution in [0, 0.1) is 6.92 Å². The van der Waals surface area contributed by atoms with Crippen LogP contribution < -0.4 is 14.8 Å². The number of pyridine rings is 1. The largest absolute Gasteiger partial charge is 0.493 e. The highest BCUT2D eigenvalue weighted by Gasteiger charge is 2.10. The van der Waals surface area contributed by atoms with Gasteiger partial charge in [0.2, 0.25) is 5.91 Å². The second kappa shape index (κ2) is 7.43. The van der Waals surface area contributed by atoms with Crippen molar-refractivity contribution < 1.29 is 14.3 Å². The third-order valence-electron chi connectivity index (χ3n) is 4.24. The van der Waals surface area contributed by atoms with Crippen LogP contribution in [-0.4, -0.2) is 34.9 Å². The Morgan fingerprint density at radius 1 is 1.19 bits per heavy atom. The van der Waals surface area contributed by atoms with E-state index < -0.39 is 0 Å². The van der Waals surface area contributed by atoms with Crippen molar-refractivity contribution in [3.05, 3.63) is 41.7 Å². The van der Waals surface area contributed by atoms with Crippen molar-refractivity contribution >= 4 is 22.6 Å². The normalized spacial score (nSPS) is 10.8. The maximum absolute atomic E-state index is 12.3. The van der Waals surface area contributed by atoms with Gasteiger partial charge in [0.1, 0.15) is 0 Å². The number of aromatic nitrogens is 3. The van der Waals surface area contributed by atoms with Gasteiger partial charge in [-0.2, -0.15) is 5.10 Å². The van der Waals surface area contributed by atoms with Gasteiger partial charge >= 0.3 is 0 Å². The summed E-state index contributed by atoms with van der Waals surface area (Å²) in [6.45, 7) is 1.92. The molecule has 0 aliphatic heterocycles. The van der Waals surface area contributed by atoms with Crippen molar-refractivity contribution in [1.29, 1.82) is 0 Å². The lowest BCUT2D eigenvalue weighted by Gasteiger charge is -2.10. The summed E-state index contributed by atoms with van der Waals surface area (Å²) in [7, 11) is 5.04. The fraction of sp³-hybridized carbons (Fsp3) is 0.316. The number of hydrogen-bond donors (Lipinski definition) is 1. The number of carbonyl (C=O) groups excluding carboxylic acids is 1. The van der Waals surface area contributed by atoms with Crippen molar-refractivity contribution in [3.63, 3.8) is 0 Å². The maximum atomic E-state index is 12.3. The van der Waals surface area contributed by atoms with Gasteiger partial charge in [0, 0.05) is 18.9 Å². The Balaban J connectivity index is 1.65. The molecule has 0 aliphatic carbocycles. The highest BCUT2D eigenvalue weighted by atomic mass is 16.5. The van der Waals surface area contributed by atoms with Gasteiger partial charge < -0.3 is 14.8 Å². The Bertz CT molecular complexity index is 949. The molecule has 1 aromatic carbocycles. The molecule has 0 atom stereocenters. The van der Waals surface area contributed by atoms with Crippen LogP contribution in [0.2, 0.25) is 0 Å². The van der Waals surface area contributed by atoms with Gasteiger partial charge in [-0.25, -0.2) is 4.98 Å². The molecule has 0 unspecified atom stereocenters. The predicted octanol–water partition coefficient (Wildman–Crippen LogP) is 2.87. The summed E-state index contributed by atoms with van der Waals surface area (Å²) in [6, 6.07) is 7.56. The number of hydrogen-bond acceptors (Lipinski definition) is 5. The van der Waals surface area contributed by atoms with Crippen molar-refractivity contribution in [2.75, 3.05) is 19.5 Å².